The number of hydrogen-bond donors (Lipinski definition) is 1. The maximum absolute atomic E-state index is 10.2. The number of nitrogens with two attached hydrogens (primary N) is 1. The van der Waals surface area contributed by atoms with E-state index in [1.807, 2.05) is 0 Å². The van der Waals surface area contributed by atoms with Crippen molar-refractivity contribution in [3.8, 4) is 5.75 Å². The van der Waals surface area contributed by atoms with Gasteiger partial charge in [-0.2, -0.15) is 0 Å². The average molecular weight is 184 g/mol. The molecule has 0 bridgehead atoms. The minimum Gasteiger partial charge on any atom is -0.497 e. The van der Waals surface area contributed by atoms with Gasteiger partial charge in [-0.05, 0) is 13.1 Å². The molecule has 13 heavy (non-hydrogen) atoms. The Morgan fingerprint density at radius 3 is 2.54 bits per heavy atom. The lowest BCUT2D eigenvalue weighted by Gasteiger charge is -1.96. The van der Waals surface area contributed by atoms with Crippen LogP contribution in [0.25, 0.3) is 0 Å². The van der Waals surface area contributed by atoms with Crippen LogP contribution in [-0.2, 0) is 0 Å². The molecule has 0 saturated carbocycles. The van der Waals surface area contributed by atoms with Crippen molar-refractivity contribution in [1.82, 2.24) is 0 Å². The molecular weight excluding hydrogens is 172 g/mol. The number of methoxy groups -OCH3 is 1. The van der Waals surface area contributed by atoms with Crippen LogP contribution in [0.1, 0.15) is 0 Å². The molecule has 0 unspecified atom stereocenters. The Kier molecular flexibility index (Phi) is 5.22. The minimum absolute atomic E-state index is 0.0457. The lowest BCUT2D eigenvalue weighted by Crippen LogP contribution is -1.88. The highest BCUT2D eigenvalue weighted by Crippen LogP contribution is 2.17. The van der Waals surface area contributed by atoms with E-state index in [4.69, 9.17) is 4.74 Å². The van der Waals surface area contributed by atoms with E-state index in [0.29, 0.717) is 5.75 Å². The lowest BCUT2D eigenvalue weighted by atomic mass is 10.3. The molecule has 2 N–H and O–H groups in total. The number of nitro groups is 1. The van der Waals surface area contributed by atoms with E-state index < -0.39 is 4.92 Å². The van der Waals surface area contributed by atoms with Gasteiger partial charge in [-0.1, -0.05) is 6.07 Å². The van der Waals surface area contributed by atoms with Gasteiger partial charge in [-0.15, -0.1) is 0 Å². The number of nitrogens with zero attached hydrogens (tertiary/aromatic N) is 1. The lowest BCUT2D eigenvalue weighted by molar-refractivity contribution is -0.384. The van der Waals surface area contributed by atoms with E-state index >= 15 is 0 Å². The molecule has 0 aromatic heterocycles. The van der Waals surface area contributed by atoms with Gasteiger partial charge in [0.15, 0.2) is 0 Å². The second-order valence-corrected chi connectivity index (χ2v) is 1.96. The molecular formula is C8H12N2O3. The van der Waals surface area contributed by atoms with Crippen LogP contribution in [0.2, 0.25) is 0 Å². The van der Waals surface area contributed by atoms with Gasteiger partial charge in [0, 0.05) is 6.07 Å². The third-order valence-electron chi connectivity index (χ3n) is 1.26. The Bertz CT molecular complexity index is 276. The predicted molar refractivity (Wildman–Crippen MR) is 49.8 cm³/mol. The van der Waals surface area contributed by atoms with Crippen LogP contribution in [0.4, 0.5) is 5.69 Å². The fourth-order valence-corrected chi connectivity index (χ4v) is 0.724. The van der Waals surface area contributed by atoms with Crippen molar-refractivity contribution >= 4 is 5.69 Å². The third-order valence-corrected chi connectivity index (χ3v) is 1.26. The Balaban J connectivity index is 0.000000671. The SMILES string of the molecule is CN.COc1cccc([N+](=O)[O-])c1. The summed E-state index contributed by atoms with van der Waals surface area (Å²) in [5.41, 5.74) is 4.55. The van der Waals surface area contributed by atoms with E-state index in [2.05, 4.69) is 5.73 Å². The zero-order valence-electron chi connectivity index (χ0n) is 7.56. The molecule has 1 aromatic rings. The first-order chi connectivity index (χ1) is 6.24. The highest BCUT2D eigenvalue weighted by molar-refractivity contribution is 5.37. The van der Waals surface area contributed by atoms with Crippen molar-refractivity contribution in [3.05, 3.63) is 34.4 Å². The number of ether oxygens (including phenoxy) is 1. The van der Waals surface area contributed by atoms with Gasteiger partial charge >= 0.3 is 0 Å². The summed E-state index contributed by atoms with van der Waals surface area (Å²) in [5.74, 6) is 0.499. The molecule has 0 fully saturated rings. The molecule has 0 radical (unpaired) electrons. The van der Waals surface area contributed by atoms with Gasteiger partial charge < -0.3 is 10.5 Å². The molecule has 0 saturated heterocycles. The fourth-order valence-electron chi connectivity index (χ4n) is 0.724. The fraction of sp³-hybridized carbons (Fsp3) is 0.250. The van der Waals surface area contributed by atoms with E-state index in [1.165, 1.54) is 26.3 Å². The van der Waals surface area contributed by atoms with Crippen LogP contribution in [-0.4, -0.2) is 19.1 Å². The standard InChI is InChI=1S/C7H7NO3.CH5N/c1-11-7-4-2-3-6(5-7)8(9)10;1-2/h2-5H,1H3;2H2,1H3. The van der Waals surface area contributed by atoms with Crippen molar-refractivity contribution in [2.75, 3.05) is 14.2 Å². The molecule has 1 aromatic carbocycles. The molecule has 5 nitrogen and oxygen atoms in total. The molecule has 72 valence electrons. The molecule has 0 aliphatic carbocycles. The topological polar surface area (TPSA) is 78.4 Å². The van der Waals surface area contributed by atoms with Gasteiger partial charge in [-0.3, -0.25) is 10.1 Å². The predicted octanol–water partition coefficient (Wildman–Crippen LogP) is 1.18. The number of hydrogen-bond acceptors (Lipinski definition) is 4. The van der Waals surface area contributed by atoms with E-state index in [1.54, 1.807) is 12.1 Å². The van der Waals surface area contributed by atoms with Crippen molar-refractivity contribution in [1.29, 1.82) is 0 Å². The second kappa shape index (κ2) is 5.96. The van der Waals surface area contributed by atoms with E-state index in [-0.39, 0.29) is 5.69 Å². The highest BCUT2D eigenvalue weighted by atomic mass is 16.6. The summed E-state index contributed by atoms with van der Waals surface area (Å²) in [7, 11) is 2.97. The molecule has 0 spiro atoms. The Morgan fingerprint density at radius 1 is 1.46 bits per heavy atom. The number of non-ortho nitro benzene ring substituents is 1. The monoisotopic (exact) mass is 184 g/mol. The van der Waals surface area contributed by atoms with Crippen molar-refractivity contribution in [3.63, 3.8) is 0 Å². The van der Waals surface area contributed by atoms with Crippen molar-refractivity contribution in [2.24, 2.45) is 5.73 Å². The summed E-state index contributed by atoms with van der Waals surface area (Å²) in [4.78, 5) is 9.76. The van der Waals surface area contributed by atoms with Gasteiger partial charge in [-0.25, -0.2) is 0 Å². The van der Waals surface area contributed by atoms with Gasteiger partial charge in [0.1, 0.15) is 5.75 Å². The smallest absolute Gasteiger partial charge is 0.273 e. The van der Waals surface area contributed by atoms with Crippen LogP contribution in [0.3, 0.4) is 0 Å². The third kappa shape index (κ3) is 3.53. The molecule has 0 heterocycles. The highest BCUT2D eigenvalue weighted by Gasteiger charge is 2.04. The van der Waals surface area contributed by atoms with Crippen LogP contribution in [0, 0.1) is 10.1 Å². The molecule has 1 rings (SSSR count). The number of benzene rings is 1. The summed E-state index contributed by atoms with van der Waals surface area (Å²) in [6, 6.07) is 6.03. The van der Waals surface area contributed by atoms with E-state index in [9.17, 15) is 10.1 Å². The Hall–Kier alpha value is -1.62. The summed E-state index contributed by atoms with van der Waals surface area (Å²) >= 11 is 0. The average Bonchev–Trinajstić information content (AvgIpc) is 2.21. The van der Waals surface area contributed by atoms with Crippen LogP contribution in [0.15, 0.2) is 24.3 Å². The Morgan fingerprint density at radius 2 is 2.08 bits per heavy atom. The van der Waals surface area contributed by atoms with Crippen molar-refractivity contribution in [2.45, 2.75) is 0 Å². The van der Waals surface area contributed by atoms with Gasteiger partial charge in [0.2, 0.25) is 0 Å². The second-order valence-electron chi connectivity index (χ2n) is 1.96. The largest absolute Gasteiger partial charge is 0.497 e. The van der Waals surface area contributed by atoms with Crippen molar-refractivity contribution < 1.29 is 9.66 Å². The molecule has 0 atom stereocenters. The minimum atomic E-state index is -0.456. The molecule has 0 aliphatic heterocycles. The summed E-state index contributed by atoms with van der Waals surface area (Å²) in [6.45, 7) is 0. The summed E-state index contributed by atoms with van der Waals surface area (Å²) in [5, 5.41) is 10.2. The number of rotatable bonds is 2. The quantitative estimate of drug-likeness (QED) is 0.553. The molecule has 5 heteroatoms. The zero-order valence-corrected chi connectivity index (χ0v) is 7.56. The van der Waals surface area contributed by atoms with Crippen LogP contribution < -0.4 is 10.5 Å². The summed E-state index contributed by atoms with van der Waals surface area (Å²) in [6.07, 6.45) is 0. The zero-order chi connectivity index (χ0) is 10.3. The first-order valence-electron chi connectivity index (χ1n) is 3.60. The van der Waals surface area contributed by atoms with Gasteiger partial charge in [0.05, 0.1) is 18.1 Å². The van der Waals surface area contributed by atoms with Crippen LogP contribution in [0.5, 0.6) is 5.75 Å². The first-order valence-corrected chi connectivity index (χ1v) is 3.60. The summed E-state index contributed by atoms with van der Waals surface area (Å²) < 4.78 is 4.80. The van der Waals surface area contributed by atoms with E-state index in [0.717, 1.165) is 0 Å². The maximum Gasteiger partial charge on any atom is 0.273 e. The first kappa shape index (κ1) is 11.4. The number of nitro benzene ring substituents is 1. The normalized spacial score (nSPS) is 8.23. The maximum atomic E-state index is 10.2. The van der Waals surface area contributed by atoms with Gasteiger partial charge in [0.25, 0.3) is 5.69 Å². The Labute approximate surface area is 76.3 Å². The van der Waals surface area contributed by atoms with Crippen LogP contribution >= 0.6 is 0 Å². The molecule has 0 aliphatic rings. The molecule has 0 amide bonds.